The Balaban J connectivity index is 3.04. The summed E-state index contributed by atoms with van der Waals surface area (Å²) < 4.78 is 37.3. The van der Waals surface area contributed by atoms with Gasteiger partial charge in [-0.3, -0.25) is 0 Å². The number of hydrogen-bond acceptors (Lipinski definition) is 5. The van der Waals surface area contributed by atoms with Crippen LogP contribution in [-0.2, 0) is 19.5 Å². The zero-order chi connectivity index (χ0) is 15.9. The van der Waals surface area contributed by atoms with Crippen LogP contribution in [-0.4, -0.2) is 53.2 Å². The molecule has 1 rings (SSSR count). The highest BCUT2D eigenvalue weighted by molar-refractivity contribution is 9.10. The van der Waals surface area contributed by atoms with Crippen molar-refractivity contribution in [2.24, 2.45) is 0 Å². The molecule has 0 radical (unpaired) electrons. The quantitative estimate of drug-likeness (QED) is 0.520. The predicted molar refractivity (Wildman–Crippen MR) is 85.7 cm³/mol. The van der Waals surface area contributed by atoms with E-state index in [2.05, 4.69) is 15.9 Å². The second-order valence-electron chi connectivity index (χ2n) is 4.43. The Morgan fingerprint density at radius 1 is 1.19 bits per heavy atom. The Morgan fingerprint density at radius 2 is 1.86 bits per heavy atom. The first-order valence-corrected chi connectivity index (χ1v) is 8.70. The number of methoxy groups -OCH3 is 2. The van der Waals surface area contributed by atoms with Crippen molar-refractivity contribution >= 4 is 31.6 Å². The molecule has 1 aromatic rings. The van der Waals surface area contributed by atoms with Crippen LogP contribution in [0.15, 0.2) is 27.6 Å². The maximum atomic E-state index is 12.7. The van der Waals surface area contributed by atoms with Gasteiger partial charge in [-0.1, -0.05) is 0 Å². The van der Waals surface area contributed by atoms with Crippen molar-refractivity contribution in [3.63, 3.8) is 0 Å². The van der Waals surface area contributed by atoms with E-state index in [0.29, 0.717) is 36.3 Å². The summed E-state index contributed by atoms with van der Waals surface area (Å²) in [7, 11) is -0.512. The van der Waals surface area contributed by atoms with Crippen molar-refractivity contribution in [3.8, 4) is 0 Å². The van der Waals surface area contributed by atoms with Crippen LogP contribution in [0.2, 0.25) is 0 Å². The van der Waals surface area contributed by atoms with Gasteiger partial charge >= 0.3 is 0 Å². The number of sulfonamides is 1. The standard InChI is InChI=1S/C13H21BrN2O4S/c1-19-8-3-6-16(7-9-20-2)21(17,18)13-10-11(15)4-5-12(13)14/h4-5,10H,3,6-9,15H2,1-2H3. The van der Waals surface area contributed by atoms with Crippen molar-refractivity contribution < 1.29 is 17.9 Å². The second kappa shape index (κ2) is 8.70. The summed E-state index contributed by atoms with van der Waals surface area (Å²) >= 11 is 3.27. The maximum absolute atomic E-state index is 12.7. The van der Waals surface area contributed by atoms with Gasteiger partial charge in [0.15, 0.2) is 0 Å². The number of ether oxygens (including phenoxy) is 2. The summed E-state index contributed by atoms with van der Waals surface area (Å²) in [6, 6.07) is 4.73. The molecule has 0 aromatic heterocycles. The lowest BCUT2D eigenvalue weighted by Crippen LogP contribution is -2.35. The molecule has 0 atom stereocenters. The molecule has 2 N–H and O–H groups in total. The van der Waals surface area contributed by atoms with E-state index < -0.39 is 10.0 Å². The van der Waals surface area contributed by atoms with E-state index in [9.17, 15) is 8.42 Å². The van der Waals surface area contributed by atoms with Crippen LogP contribution in [0, 0.1) is 0 Å². The molecule has 0 saturated heterocycles. The summed E-state index contributed by atoms with van der Waals surface area (Å²) in [5, 5.41) is 0. The Hall–Kier alpha value is -0.670. The molecule has 0 amide bonds. The van der Waals surface area contributed by atoms with E-state index in [1.54, 1.807) is 19.2 Å². The molecule has 0 saturated carbocycles. The van der Waals surface area contributed by atoms with Gasteiger partial charge in [-0.15, -0.1) is 0 Å². The van der Waals surface area contributed by atoms with Crippen LogP contribution in [0.25, 0.3) is 0 Å². The molecule has 1 aromatic carbocycles. The van der Waals surface area contributed by atoms with Crippen LogP contribution in [0.3, 0.4) is 0 Å². The lowest BCUT2D eigenvalue weighted by molar-refractivity contribution is 0.164. The van der Waals surface area contributed by atoms with Gasteiger partial charge in [-0.25, -0.2) is 8.42 Å². The van der Waals surface area contributed by atoms with Crippen LogP contribution >= 0.6 is 15.9 Å². The number of halogens is 1. The highest BCUT2D eigenvalue weighted by Crippen LogP contribution is 2.27. The summed E-state index contributed by atoms with van der Waals surface area (Å²) in [5.41, 5.74) is 6.10. The van der Waals surface area contributed by atoms with Gasteiger partial charge in [0.2, 0.25) is 10.0 Å². The first-order chi connectivity index (χ1) is 9.93. The number of benzene rings is 1. The average molecular weight is 381 g/mol. The van der Waals surface area contributed by atoms with Crippen molar-refractivity contribution in [1.82, 2.24) is 4.31 Å². The van der Waals surface area contributed by atoms with Gasteiger partial charge in [0.1, 0.15) is 0 Å². The third-order valence-corrected chi connectivity index (χ3v) is 5.77. The molecule has 0 aliphatic heterocycles. The minimum Gasteiger partial charge on any atom is -0.399 e. The zero-order valence-corrected chi connectivity index (χ0v) is 14.6. The minimum atomic E-state index is -3.64. The van der Waals surface area contributed by atoms with E-state index in [1.807, 2.05) is 0 Å². The predicted octanol–water partition coefficient (Wildman–Crippen LogP) is 1.70. The fourth-order valence-corrected chi connectivity index (χ4v) is 4.21. The molecule has 0 fully saturated rings. The highest BCUT2D eigenvalue weighted by atomic mass is 79.9. The zero-order valence-electron chi connectivity index (χ0n) is 12.2. The largest absolute Gasteiger partial charge is 0.399 e. The van der Waals surface area contributed by atoms with Crippen LogP contribution in [0.4, 0.5) is 5.69 Å². The van der Waals surface area contributed by atoms with Crippen LogP contribution < -0.4 is 5.73 Å². The number of hydrogen-bond donors (Lipinski definition) is 1. The van der Waals surface area contributed by atoms with Gasteiger partial charge in [0, 0.05) is 44.1 Å². The van der Waals surface area contributed by atoms with Crippen molar-refractivity contribution in [2.45, 2.75) is 11.3 Å². The topological polar surface area (TPSA) is 81.9 Å². The summed E-state index contributed by atoms with van der Waals surface area (Å²) in [6.45, 7) is 1.47. The minimum absolute atomic E-state index is 0.163. The first kappa shape index (κ1) is 18.4. The van der Waals surface area contributed by atoms with Crippen molar-refractivity contribution in [2.75, 3.05) is 46.3 Å². The first-order valence-electron chi connectivity index (χ1n) is 6.46. The molecule has 0 aliphatic carbocycles. The molecule has 6 nitrogen and oxygen atoms in total. The highest BCUT2D eigenvalue weighted by Gasteiger charge is 2.26. The maximum Gasteiger partial charge on any atom is 0.244 e. The number of rotatable bonds is 9. The monoisotopic (exact) mass is 380 g/mol. The van der Waals surface area contributed by atoms with Crippen LogP contribution in [0.5, 0.6) is 0 Å². The Morgan fingerprint density at radius 3 is 2.48 bits per heavy atom. The van der Waals surface area contributed by atoms with Crippen molar-refractivity contribution in [3.05, 3.63) is 22.7 Å². The third-order valence-electron chi connectivity index (χ3n) is 2.87. The normalized spacial score (nSPS) is 12.0. The summed E-state index contributed by atoms with van der Waals surface area (Å²) in [4.78, 5) is 0.163. The van der Waals surface area contributed by atoms with Gasteiger partial charge in [0.05, 0.1) is 11.5 Å². The summed E-state index contributed by atoms with van der Waals surface area (Å²) in [6.07, 6.45) is 0.610. The van der Waals surface area contributed by atoms with E-state index >= 15 is 0 Å². The van der Waals surface area contributed by atoms with E-state index in [1.165, 1.54) is 17.5 Å². The number of anilines is 1. The van der Waals surface area contributed by atoms with E-state index in [0.717, 1.165) is 0 Å². The van der Waals surface area contributed by atoms with Gasteiger partial charge in [-0.2, -0.15) is 4.31 Å². The SMILES string of the molecule is COCCCN(CCOC)S(=O)(=O)c1cc(N)ccc1Br. The third kappa shape index (κ3) is 5.23. The molecule has 0 heterocycles. The fraction of sp³-hybridized carbons (Fsp3) is 0.538. The lowest BCUT2D eigenvalue weighted by atomic mass is 10.3. The number of nitrogen functional groups attached to an aromatic ring is 1. The Kier molecular flexibility index (Phi) is 7.61. The molecule has 120 valence electrons. The molecule has 0 bridgehead atoms. The smallest absolute Gasteiger partial charge is 0.244 e. The van der Waals surface area contributed by atoms with E-state index in [-0.39, 0.29) is 11.4 Å². The Bertz CT molecular complexity index is 551. The molecule has 0 unspecified atom stereocenters. The van der Waals surface area contributed by atoms with E-state index in [4.69, 9.17) is 15.2 Å². The fourth-order valence-electron chi connectivity index (χ4n) is 1.79. The summed E-state index contributed by atoms with van der Waals surface area (Å²) in [5.74, 6) is 0. The molecule has 21 heavy (non-hydrogen) atoms. The van der Waals surface area contributed by atoms with Gasteiger partial charge in [0.25, 0.3) is 0 Å². The van der Waals surface area contributed by atoms with Gasteiger partial charge < -0.3 is 15.2 Å². The molecular weight excluding hydrogens is 360 g/mol. The molecule has 0 aliphatic rings. The molecule has 0 spiro atoms. The Labute approximate surface area is 134 Å². The average Bonchev–Trinajstić information content (AvgIpc) is 2.45. The number of nitrogens with two attached hydrogens (primary N) is 1. The van der Waals surface area contributed by atoms with Gasteiger partial charge in [-0.05, 0) is 40.5 Å². The van der Waals surface area contributed by atoms with Crippen molar-refractivity contribution in [1.29, 1.82) is 0 Å². The molecule has 8 heteroatoms. The second-order valence-corrected chi connectivity index (χ2v) is 7.19. The van der Waals surface area contributed by atoms with Crippen LogP contribution in [0.1, 0.15) is 6.42 Å². The lowest BCUT2D eigenvalue weighted by Gasteiger charge is -2.22. The number of nitrogens with zero attached hydrogens (tertiary/aromatic N) is 1. The molecular formula is C13H21BrN2O4S.